The van der Waals surface area contributed by atoms with E-state index in [0.29, 0.717) is 5.82 Å². The van der Waals surface area contributed by atoms with Crippen molar-refractivity contribution in [3.63, 3.8) is 0 Å². The summed E-state index contributed by atoms with van der Waals surface area (Å²) >= 11 is 0. The van der Waals surface area contributed by atoms with Gasteiger partial charge in [-0.3, -0.25) is 9.88 Å². The molecule has 2 heterocycles. The normalized spacial score (nSPS) is 16.4. The molecule has 2 N–H and O–H groups in total. The van der Waals surface area contributed by atoms with E-state index in [4.69, 9.17) is 5.73 Å². The molecule has 0 unspecified atom stereocenters. The molecule has 0 aromatic carbocycles. The Morgan fingerprint density at radius 1 is 1.50 bits per heavy atom. The molecule has 0 radical (unpaired) electrons. The second-order valence-electron chi connectivity index (χ2n) is 2.99. The Balaban J connectivity index is 2.30. The molecule has 0 spiro atoms. The summed E-state index contributed by atoms with van der Waals surface area (Å²) in [5, 5.41) is 0. The maximum Gasteiger partial charge on any atom is 0.142 e. The van der Waals surface area contributed by atoms with Crippen LogP contribution in [-0.2, 0) is 13.1 Å². The quantitative estimate of drug-likeness (QED) is 0.652. The van der Waals surface area contributed by atoms with Gasteiger partial charge < -0.3 is 5.73 Å². The Morgan fingerprint density at radius 2 is 2.25 bits per heavy atom. The SMILES string of the molecule is CCN1Cc2ncc(N)nc2C1. The molecule has 0 amide bonds. The fraction of sp³-hybridized carbons (Fsp3) is 0.500. The average molecular weight is 164 g/mol. The lowest BCUT2D eigenvalue weighted by molar-refractivity contribution is 0.297. The predicted molar refractivity (Wildman–Crippen MR) is 46.2 cm³/mol. The van der Waals surface area contributed by atoms with E-state index in [2.05, 4.69) is 21.8 Å². The fourth-order valence-electron chi connectivity index (χ4n) is 1.43. The zero-order valence-electron chi connectivity index (χ0n) is 7.12. The van der Waals surface area contributed by atoms with E-state index in [1.54, 1.807) is 6.20 Å². The van der Waals surface area contributed by atoms with Crippen LogP contribution in [0.1, 0.15) is 18.3 Å². The van der Waals surface area contributed by atoms with Gasteiger partial charge in [0.25, 0.3) is 0 Å². The molecule has 1 aliphatic heterocycles. The van der Waals surface area contributed by atoms with Gasteiger partial charge in [0, 0.05) is 13.1 Å². The fourth-order valence-corrected chi connectivity index (χ4v) is 1.43. The zero-order valence-corrected chi connectivity index (χ0v) is 7.12. The molecule has 0 saturated heterocycles. The molecule has 0 saturated carbocycles. The van der Waals surface area contributed by atoms with Gasteiger partial charge in [-0.2, -0.15) is 0 Å². The zero-order chi connectivity index (χ0) is 8.55. The van der Waals surface area contributed by atoms with Crippen molar-refractivity contribution < 1.29 is 0 Å². The Bertz CT molecular complexity index is 297. The van der Waals surface area contributed by atoms with Gasteiger partial charge >= 0.3 is 0 Å². The highest BCUT2D eigenvalue weighted by atomic mass is 15.2. The lowest BCUT2D eigenvalue weighted by Crippen LogP contribution is -2.14. The van der Waals surface area contributed by atoms with Gasteiger partial charge in [-0.1, -0.05) is 6.92 Å². The minimum absolute atomic E-state index is 0.520. The van der Waals surface area contributed by atoms with Crippen molar-refractivity contribution in [1.29, 1.82) is 0 Å². The van der Waals surface area contributed by atoms with Gasteiger partial charge in [-0.25, -0.2) is 4.98 Å². The summed E-state index contributed by atoms with van der Waals surface area (Å²) in [6.45, 7) is 4.98. The first kappa shape index (κ1) is 7.49. The van der Waals surface area contributed by atoms with Gasteiger partial charge in [0.05, 0.1) is 17.6 Å². The van der Waals surface area contributed by atoms with Crippen LogP contribution in [0, 0.1) is 0 Å². The number of anilines is 1. The van der Waals surface area contributed by atoms with Crippen LogP contribution in [-0.4, -0.2) is 21.4 Å². The van der Waals surface area contributed by atoms with Crippen LogP contribution in [0.3, 0.4) is 0 Å². The summed E-state index contributed by atoms with van der Waals surface area (Å²) in [5.41, 5.74) is 7.64. The molecule has 0 bridgehead atoms. The molecule has 2 rings (SSSR count). The van der Waals surface area contributed by atoms with Crippen molar-refractivity contribution in [3.8, 4) is 0 Å². The molecule has 4 nitrogen and oxygen atoms in total. The summed E-state index contributed by atoms with van der Waals surface area (Å²) in [6, 6.07) is 0. The van der Waals surface area contributed by atoms with Gasteiger partial charge in [0.15, 0.2) is 0 Å². The summed E-state index contributed by atoms with van der Waals surface area (Å²) in [7, 11) is 0. The monoisotopic (exact) mass is 164 g/mol. The van der Waals surface area contributed by atoms with Crippen molar-refractivity contribution >= 4 is 5.82 Å². The van der Waals surface area contributed by atoms with E-state index < -0.39 is 0 Å². The number of aromatic nitrogens is 2. The molecule has 0 fully saturated rings. The molecular weight excluding hydrogens is 152 g/mol. The van der Waals surface area contributed by atoms with Crippen LogP contribution < -0.4 is 5.73 Å². The van der Waals surface area contributed by atoms with Gasteiger partial charge in [0.1, 0.15) is 5.82 Å². The van der Waals surface area contributed by atoms with Crippen molar-refractivity contribution in [2.45, 2.75) is 20.0 Å². The second-order valence-corrected chi connectivity index (χ2v) is 2.99. The molecule has 1 aromatic rings. The number of hydrogen-bond donors (Lipinski definition) is 1. The molecule has 0 atom stereocenters. The highest BCUT2D eigenvalue weighted by Gasteiger charge is 2.19. The van der Waals surface area contributed by atoms with Crippen molar-refractivity contribution in [3.05, 3.63) is 17.6 Å². The first-order chi connectivity index (χ1) is 5.79. The summed E-state index contributed by atoms with van der Waals surface area (Å²) in [5.74, 6) is 0.520. The minimum atomic E-state index is 0.520. The van der Waals surface area contributed by atoms with Gasteiger partial charge in [-0.15, -0.1) is 0 Å². The molecule has 64 valence electrons. The molecular formula is C8H12N4. The van der Waals surface area contributed by atoms with Crippen LogP contribution in [0.4, 0.5) is 5.82 Å². The Morgan fingerprint density at radius 3 is 3.00 bits per heavy atom. The molecule has 4 heteroatoms. The topological polar surface area (TPSA) is 55.0 Å². The van der Waals surface area contributed by atoms with Gasteiger partial charge in [0.2, 0.25) is 0 Å². The highest BCUT2D eigenvalue weighted by molar-refractivity contribution is 5.29. The lowest BCUT2D eigenvalue weighted by Gasteiger charge is -2.08. The molecule has 0 aliphatic carbocycles. The van der Waals surface area contributed by atoms with Crippen molar-refractivity contribution in [2.24, 2.45) is 0 Å². The predicted octanol–water partition coefficient (Wildman–Crippen LogP) is 0.394. The van der Waals surface area contributed by atoms with E-state index in [9.17, 15) is 0 Å². The number of rotatable bonds is 1. The van der Waals surface area contributed by atoms with Crippen LogP contribution in [0.15, 0.2) is 6.20 Å². The summed E-state index contributed by atoms with van der Waals surface area (Å²) < 4.78 is 0. The largest absolute Gasteiger partial charge is 0.382 e. The highest BCUT2D eigenvalue weighted by Crippen LogP contribution is 2.18. The van der Waals surface area contributed by atoms with E-state index in [1.165, 1.54) is 0 Å². The van der Waals surface area contributed by atoms with E-state index in [0.717, 1.165) is 31.0 Å². The van der Waals surface area contributed by atoms with E-state index in [1.807, 2.05) is 0 Å². The minimum Gasteiger partial charge on any atom is -0.382 e. The third kappa shape index (κ3) is 1.14. The third-order valence-electron chi connectivity index (χ3n) is 2.14. The Hall–Kier alpha value is -1.16. The van der Waals surface area contributed by atoms with Crippen molar-refractivity contribution in [1.82, 2.24) is 14.9 Å². The van der Waals surface area contributed by atoms with E-state index in [-0.39, 0.29) is 0 Å². The number of nitrogens with zero attached hydrogens (tertiary/aromatic N) is 3. The van der Waals surface area contributed by atoms with Crippen molar-refractivity contribution in [2.75, 3.05) is 12.3 Å². The Labute approximate surface area is 71.4 Å². The maximum atomic E-state index is 5.53. The van der Waals surface area contributed by atoms with Gasteiger partial charge in [-0.05, 0) is 6.54 Å². The van der Waals surface area contributed by atoms with Crippen LogP contribution in [0.5, 0.6) is 0 Å². The lowest BCUT2D eigenvalue weighted by atomic mass is 10.3. The summed E-state index contributed by atoms with van der Waals surface area (Å²) in [4.78, 5) is 10.7. The smallest absolute Gasteiger partial charge is 0.142 e. The molecule has 12 heavy (non-hydrogen) atoms. The van der Waals surface area contributed by atoms with E-state index >= 15 is 0 Å². The second kappa shape index (κ2) is 2.71. The standard InChI is InChI=1S/C8H12N4/c1-2-12-4-6-7(5-12)11-8(9)3-10-6/h3H,2,4-5H2,1H3,(H2,9,11). The van der Waals surface area contributed by atoms with Crippen LogP contribution in [0.2, 0.25) is 0 Å². The van der Waals surface area contributed by atoms with Crippen LogP contribution >= 0.6 is 0 Å². The number of fused-ring (bicyclic) bond motifs is 1. The maximum absolute atomic E-state index is 5.53. The number of nitrogens with two attached hydrogens (primary N) is 1. The first-order valence-corrected chi connectivity index (χ1v) is 4.12. The average Bonchev–Trinajstić information content (AvgIpc) is 2.46. The van der Waals surface area contributed by atoms with Crippen LogP contribution in [0.25, 0.3) is 0 Å². The third-order valence-corrected chi connectivity index (χ3v) is 2.14. The first-order valence-electron chi connectivity index (χ1n) is 4.12. The molecule has 1 aromatic heterocycles. The number of nitrogen functional groups attached to an aromatic ring is 1. The Kier molecular flexibility index (Phi) is 1.69. The number of hydrogen-bond acceptors (Lipinski definition) is 4. The molecule has 1 aliphatic rings. The summed E-state index contributed by atoms with van der Waals surface area (Å²) in [6.07, 6.45) is 1.62.